The average Bonchev–Trinajstić information content (AvgIpc) is 2.99. The Hall–Kier alpha value is -2.67. The minimum absolute atomic E-state index is 0.155. The summed E-state index contributed by atoms with van der Waals surface area (Å²) in [5.41, 5.74) is 2.29. The Morgan fingerprint density at radius 2 is 1.90 bits per heavy atom. The van der Waals surface area contributed by atoms with Crippen molar-refractivity contribution in [3.63, 3.8) is 0 Å². The highest BCUT2D eigenvalue weighted by atomic mass is 32.1. The topological polar surface area (TPSA) is 73.3 Å². The van der Waals surface area contributed by atoms with E-state index in [1.165, 1.54) is 11.3 Å². The van der Waals surface area contributed by atoms with E-state index in [1.807, 2.05) is 20.8 Å². The standard InChI is InChI=1S/C22H27N3O3S/c1-8-28-15-10-9-14(11-16(15)27-7)24-19(26)18-12(2)17-13(3)23-21(22(4,5)6)25-20(17)29-18/h9-11H,8H2,1-7H3,(H,24,26). The molecule has 0 aliphatic carbocycles. The van der Waals surface area contributed by atoms with Crippen LogP contribution < -0.4 is 14.8 Å². The van der Waals surface area contributed by atoms with Crippen LogP contribution in [-0.4, -0.2) is 29.6 Å². The quantitative estimate of drug-likeness (QED) is 0.617. The first-order chi connectivity index (χ1) is 13.7. The summed E-state index contributed by atoms with van der Waals surface area (Å²) in [5.74, 6) is 1.83. The van der Waals surface area contributed by atoms with E-state index in [-0.39, 0.29) is 11.3 Å². The summed E-state index contributed by atoms with van der Waals surface area (Å²) in [6.45, 7) is 12.6. The first-order valence-electron chi connectivity index (χ1n) is 9.56. The highest BCUT2D eigenvalue weighted by Gasteiger charge is 2.23. The second kappa shape index (κ2) is 7.99. The minimum atomic E-state index is -0.173. The number of rotatable bonds is 5. The van der Waals surface area contributed by atoms with Gasteiger partial charge in [-0.15, -0.1) is 11.3 Å². The van der Waals surface area contributed by atoms with Crippen LogP contribution in [0.4, 0.5) is 5.69 Å². The Balaban J connectivity index is 1.95. The molecule has 6 nitrogen and oxygen atoms in total. The van der Waals surface area contributed by atoms with Crippen LogP contribution in [0.3, 0.4) is 0 Å². The summed E-state index contributed by atoms with van der Waals surface area (Å²) < 4.78 is 10.9. The molecule has 0 saturated carbocycles. The smallest absolute Gasteiger partial charge is 0.266 e. The van der Waals surface area contributed by atoms with Crippen LogP contribution in [0.5, 0.6) is 11.5 Å². The number of amides is 1. The Morgan fingerprint density at radius 3 is 2.52 bits per heavy atom. The third-order valence-electron chi connectivity index (χ3n) is 4.57. The normalized spacial score (nSPS) is 11.6. The van der Waals surface area contributed by atoms with Gasteiger partial charge >= 0.3 is 0 Å². The van der Waals surface area contributed by atoms with Gasteiger partial charge in [0.1, 0.15) is 10.7 Å². The van der Waals surface area contributed by atoms with Gasteiger partial charge in [-0.2, -0.15) is 0 Å². The van der Waals surface area contributed by atoms with Crippen LogP contribution in [0, 0.1) is 13.8 Å². The van der Waals surface area contributed by atoms with E-state index in [0.29, 0.717) is 28.7 Å². The molecule has 3 rings (SSSR count). The fourth-order valence-corrected chi connectivity index (χ4v) is 4.23. The predicted octanol–water partition coefficient (Wildman–Crippen LogP) is 5.27. The Morgan fingerprint density at radius 1 is 1.17 bits per heavy atom. The Kier molecular flexibility index (Phi) is 5.80. The van der Waals surface area contributed by atoms with Gasteiger partial charge in [-0.25, -0.2) is 9.97 Å². The fraction of sp³-hybridized carbons (Fsp3) is 0.409. The number of fused-ring (bicyclic) bond motifs is 1. The molecule has 2 aromatic heterocycles. The molecule has 1 aromatic carbocycles. The zero-order valence-electron chi connectivity index (χ0n) is 18.0. The number of methoxy groups -OCH3 is 1. The number of anilines is 1. The maximum atomic E-state index is 13.0. The summed E-state index contributed by atoms with van der Waals surface area (Å²) in [4.78, 5) is 23.9. The lowest BCUT2D eigenvalue weighted by molar-refractivity contribution is 0.103. The van der Waals surface area contributed by atoms with Crippen molar-refractivity contribution in [1.82, 2.24) is 9.97 Å². The maximum absolute atomic E-state index is 13.0. The first kappa shape index (κ1) is 21.0. The zero-order valence-corrected chi connectivity index (χ0v) is 18.8. The number of aryl methyl sites for hydroxylation is 2. The van der Waals surface area contributed by atoms with Gasteiger partial charge in [0.05, 0.1) is 24.3 Å². The molecule has 0 fully saturated rings. The lowest BCUT2D eigenvalue weighted by atomic mass is 9.95. The van der Waals surface area contributed by atoms with Gasteiger partial charge in [-0.3, -0.25) is 4.79 Å². The van der Waals surface area contributed by atoms with Crippen molar-refractivity contribution in [3.8, 4) is 11.5 Å². The van der Waals surface area contributed by atoms with E-state index >= 15 is 0 Å². The van der Waals surface area contributed by atoms with Crippen LogP contribution in [0.1, 0.15) is 54.4 Å². The van der Waals surface area contributed by atoms with Crippen molar-refractivity contribution in [2.24, 2.45) is 0 Å². The number of carbonyl (C=O) groups is 1. The van der Waals surface area contributed by atoms with Crippen LogP contribution in [-0.2, 0) is 5.41 Å². The van der Waals surface area contributed by atoms with Gasteiger partial charge in [0, 0.05) is 22.6 Å². The summed E-state index contributed by atoms with van der Waals surface area (Å²) in [6.07, 6.45) is 0. The largest absolute Gasteiger partial charge is 0.493 e. The van der Waals surface area contributed by atoms with Crippen molar-refractivity contribution < 1.29 is 14.3 Å². The van der Waals surface area contributed by atoms with Crippen molar-refractivity contribution >= 4 is 33.1 Å². The molecule has 0 bridgehead atoms. The highest BCUT2D eigenvalue weighted by Crippen LogP contribution is 2.34. The molecule has 0 aliphatic rings. The number of thiophene rings is 1. The molecular weight excluding hydrogens is 386 g/mol. The van der Waals surface area contributed by atoms with E-state index < -0.39 is 0 Å². The number of aromatic nitrogens is 2. The van der Waals surface area contributed by atoms with E-state index in [0.717, 1.165) is 27.3 Å². The minimum Gasteiger partial charge on any atom is -0.493 e. The molecule has 2 heterocycles. The molecule has 0 radical (unpaired) electrons. The molecule has 0 saturated heterocycles. The Bertz CT molecular complexity index is 1070. The lowest BCUT2D eigenvalue weighted by Crippen LogP contribution is -2.16. The van der Waals surface area contributed by atoms with Crippen LogP contribution in [0.2, 0.25) is 0 Å². The van der Waals surface area contributed by atoms with Gasteiger partial charge in [0.2, 0.25) is 0 Å². The first-order valence-corrected chi connectivity index (χ1v) is 10.4. The number of carbonyl (C=O) groups excluding carboxylic acids is 1. The highest BCUT2D eigenvalue weighted by molar-refractivity contribution is 7.20. The fourth-order valence-electron chi connectivity index (χ4n) is 3.10. The number of benzene rings is 1. The third kappa shape index (κ3) is 4.19. The van der Waals surface area contributed by atoms with Gasteiger partial charge in [0.15, 0.2) is 11.5 Å². The molecule has 29 heavy (non-hydrogen) atoms. The molecule has 1 amide bonds. The van der Waals surface area contributed by atoms with Crippen molar-refractivity contribution in [2.75, 3.05) is 19.0 Å². The summed E-state index contributed by atoms with van der Waals surface area (Å²) in [7, 11) is 1.58. The van der Waals surface area contributed by atoms with E-state index in [1.54, 1.807) is 25.3 Å². The lowest BCUT2D eigenvalue weighted by Gasteiger charge is -2.16. The molecular formula is C22H27N3O3S. The van der Waals surface area contributed by atoms with Crippen molar-refractivity contribution in [3.05, 3.63) is 40.2 Å². The molecule has 0 atom stereocenters. The SMILES string of the molecule is CCOc1ccc(NC(=O)c2sc3nc(C(C)(C)C)nc(C)c3c2C)cc1OC. The number of hydrogen-bond donors (Lipinski definition) is 1. The predicted molar refractivity (Wildman–Crippen MR) is 118 cm³/mol. The molecule has 0 aliphatic heterocycles. The third-order valence-corrected chi connectivity index (χ3v) is 5.75. The molecule has 0 spiro atoms. The van der Waals surface area contributed by atoms with E-state index in [4.69, 9.17) is 14.5 Å². The number of nitrogens with zero attached hydrogens (tertiary/aromatic N) is 2. The monoisotopic (exact) mass is 413 g/mol. The number of nitrogens with one attached hydrogen (secondary N) is 1. The Labute approximate surface area is 175 Å². The maximum Gasteiger partial charge on any atom is 0.266 e. The van der Waals surface area contributed by atoms with Crippen molar-refractivity contribution in [1.29, 1.82) is 0 Å². The average molecular weight is 414 g/mol. The van der Waals surface area contributed by atoms with Gasteiger partial charge in [-0.1, -0.05) is 20.8 Å². The molecule has 154 valence electrons. The van der Waals surface area contributed by atoms with E-state index in [9.17, 15) is 4.79 Å². The molecule has 7 heteroatoms. The zero-order chi connectivity index (χ0) is 21.3. The second-order valence-electron chi connectivity index (χ2n) is 7.87. The van der Waals surface area contributed by atoms with Gasteiger partial charge in [-0.05, 0) is 38.5 Å². The van der Waals surface area contributed by atoms with Crippen LogP contribution >= 0.6 is 11.3 Å². The van der Waals surface area contributed by atoms with Gasteiger partial charge < -0.3 is 14.8 Å². The summed E-state index contributed by atoms with van der Waals surface area (Å²) >= 11 is 1.40. The van der Waals surface area contributed by atoms with Gasteiger partial charge in [0.25, 0.3) is 5.91 Å². The number of hydrogen-bond acceptors (Lipinski definition) is 6. The number of ether oxygens (including phenoxy) is 2. The summed E-state index contributed by atoms with van der Waals surface area (Å²) in [5, 5.41) is 3.91. The molecule has 3 aromatic rings. The van der Waals surface area contributed by atoms with Crippen LogP contribution in [0.25, 0.3) is 10.2 Å². The molecule has 0 unspecified atom stereocenters. The van der Waals surface area contributed by atoms with Crippen molar-refractivity contribution in [2.45, 2.75) is 47.0 Å². The molecule has 1 N–H and O–H groups in total. The second-order valence-corrected chi connectivity index (χ2v) is 8.87. The van der Waals surface area contributed by atoms with Crippen LogP contribution in [0.15, 0.2) is 18.2 Å². The summed E-state index contributed by atoms with van der Waals surface area (Å²) in [6, 6.07) is 5.35. The van der Waals surface area contributed by atoms with E-state index in [2.05, 4.69) is 31.1 Å².